The molecule has 186 valence electrons. The fraction of sp³-hybridized carbons (Fsp3) is 0.300. The minimum absolute atomic E-state index is 0.103. The van der Waals surface area contributed by atoms with Crippen LogP contribution in [0.2, 0.25) is 0 Å². The molecule has 1 fully saturated rings. The first kappa shape index (κ1) is 24.6. The van der Waals surface area contributed by atoms with Gasteiger partial charge in [0, 0.05) is 46.1 Å². The molecule has 0 aliphatic carbocycles. The molecule has 1 saturated heterocycles. The third-order valence-electron chi connectivity index (χ3n) is 7.07. The summed E-state index contributed by atoms with van der Waals surface area (Å²) in [7, 11) is 0. The minimum Gasteiger partial charge on any atom is -0.494 e. The van der Waals surface area contributed by atoms with Crippen LogP contribution >= 0.6 is 15.9 Å². The summed E-state index contributed by atoms with van der Waals surface area (Å²) in [4.78, 5) is 15.4. The molecular weight excluding hydrogens is 514 g/mol. The van der Waals surface area contributed by atoms with Crippen LogP contribution in [0.15, 0.2) is 83.5 Å². The maximum atomic E-state index is 12.9. The highest BCUT2D eigenvalue weighted by Gasteiger charge is 2.23. The zero-order chi connectivity index (χ0) is 24.9. The van der Waals surface area contributed by atoms with Crippen LogP contribution in [0, 0.1) is 0 Å². The average molecular weight is 547 g/mol. The third kappa shape index (κ3) is 5.66. The van der Waals surface area contributed by atoms with Crippen LogP contribution in [0.25, 0.3) is 10.8 Å². The molecule has 36 heavy (non-hydrogen) atoms. The number of piperidine rings is 1. The lowest BCUT2D eigenvalue weighted by atomic mass is 9.95. The summed E-state index contributed by atoms with van der Waals surface area (Å²) in [5.74, 6) is 0.0750. The van der Waals surface area contributed by atoms with Crippen LogP contribution in [0.1, 0.15) is 53.2 Å². The van der Waals surface area contributed by atoms with Gasteiger partial charge in [-0.3, -0.25) is 9.69 Å². The van der Waals surface area contributed by atoms with Gasteiger partial charge in [-0.1, -0.05) is 70.9 Å². The van der Waals surface area contributed by atoms with Crippen LogP contribution in [-0.4, -0.2) is 40.1 Å². The van der Waals surface area contributed by atoms with Crippen molar-refractivity contribution < 1.29 is 9.90 Å². The van der Waals surface area contributed by atoms with Crippen molar-refractivity contribution in [2.75, 3.05) is 19.6 Å². The van der Waals surface area contributed by atoms with Gasteiger partial charge in [-0.15, -0.1) is 0 Å². The molecule has 2 heterocycles. The van der Waals surface area contributed by atoms with Gasteiger partial charge in [0.2, 0.25) is 0 Å². The lowest BCUT2D eigenvalue weighted by molar-refractivity contribution is 0.0947. The van der Waals surface area contributed by atoms with Crippen molar-refractivity contribution in [2.45, 2.75) is 38.3 Å². The number of nitrogens with zero attached hydrogens (tertiary/aromatic N) is 2. The number of fused-ring (bicyclic) bond motifs is 1. The zero-order valence-electron chi connectivity index (χ0n) is 20.4. The second-order valence-corrected chi connectivity index (χ2v) is 10.5. The fourth-order valence-electron chi connectivity index (χ4n) is 5.24. The van der Waals surface area contributed by atoms with Crippen molar-refractivity contribution in [2.24, 2.45) is 0 Å². The van der Waals surface area contributed by atoms with Gasteiger partial charge in [0.25, 0.3) is 5.91 Å². The van der Waals surface area contributed by atoms with E-state index in [-0.39, 0.29) is 11.8 Å². The number of rotatable bonds is 8. The molecule has 2 N–H and O–H groups in total. The van der Waals surface area contributed by atoms with Gasteiger partial charge in [-0.2, -0.15) is 0 Å². The highest BCUT2D eigenvalue weighted by molar-refractivity contribution is 9.10. The van der Waals surface area contributed by atoms with E-state index in [9.17, 15) is 9.90 Å². The standard InChI is InChI=1S/C30H32BrN3O2/c31-26-11-6-8-22(18-26)20-34-21-25-14-13-24(19-27(25)30(34)36)29(35)32-15-7-17-33-16-5-4-12-28(33)23-9-2-1-3-10-23/h1-3,6,8-11,13-14,18-19,21,28,36H,4-5,7,12,15-17,20H2,(H,32,35). The van der Waals surface area contributed by atoms with Gasteiger partial charge in [0.05, 0.1) is 6.54 Å². The number of benzene rings is 3. The quantitative estimate of drug-likeness (QED) is 0.248. The normalized spacial score (nSPS) is 16.3. The largest absolute Gasteiger partial charge is 0.494 e. The van der Waals surface area contributed by atoms with Gasteiger partial charge in [-0.25, -0.2) is 0 Å². The molecule has 4 aromatic rings. The van der Waals surface area contributed by atoms with E-state index in [2.05, 4.69) is 56.5 Å². The Morgan fingerprint density at radius 3 is 2.72 bits per heavy atom. The van der Waals surface area contributed by atoms with E-state index in [0.717, 1.165) is 34.9 Å². The van der Waals surface area contributed by atoms with Crippen molar-refractivity contribution in [3.63, 3.8) is 0 Å². The highest BCUT2D eigenvalue weighted by atomic mass is 79.9. The predicted octanol–water partition coefficient (Wildman–Crippen LogP) is 6.50. The lowest BCUT2D eigenvalue weighted by Crippen LogP contribution is -2.36. The molecule has 1 atom stereocenters. The Labute approximate surface area is 220 Å². The molecule has 1 aromatic heterocycles. The Balaban J connectivity index is 1.18. The number of hydrogen-bond donors (Lipinski definition) is 2. The number of amides is 1. The van der Waals surface area contributed by atoms with Crippen molar-refractivity contribution in [1.29, 1.82) is 0 Å². The minimum atomic E-state index is -0.103. The molecule has 6 heteroatoms. The van der Waals surface area contributed by atoms with E-state index in [1.54, 1.807) is 6.07 Å². The summed E-state index contributed by atoms with van der Waals surface area (Å²) in [5, 5.41) is 15.5. The molecule has 1 unspecified atom stereocenters. The Morgan fingerprint density at radius 2 is 1.89 bits per heavy atom. The second-order valence-electron chi connectivity index (χ2n) is 9.58. The van der Waals surface area contributed by atoms with E-state index in [4.69, 9.17) is 0 Å². The van der Waals surface area contributed by atoms with Gasteiger partial charge < -0.3 is 15.0 Å². The monoisotopic (exact) mass is 545 g/mol. The summed E-state index contributed by atoms with van der Waals surface area (Å²) in [6, 6.07) is 24.8. The van der Waals surface area contributed by atoms with Crippen LogP contribution in [0.5, 0.6) is 5.88 Å². The van der Waals surface area contributed by atoms with Gasteiger partial charge in [0.15, 0.2) is 5.88 Å². The lowest BCUT2D eigenvalue weighted by Gasteiger charge is -2.36. The summed E-state index contributed by atoms with van der Waals surface area (Å²) >= 11 is 3.50. The van der Waals surface area contributed by atoms with Crippen molar-refractivity contribution in [3.05, 3.63) is 100 Å². The number of halogens is 1. The maximum absolute atomic E-state index is 12.9. The van der Waals surface area contributed by atoms with Crippen LogP contribution in [0.3, 0.4) is 0 Å². The molecule has 1 aliphatic rings. The molecule has 0 bridgehead atoms. The second kappa shape index (κ2) is 11.3. The van der Waals surface area contributed by atoms with Gasteiger partial charge in [0.1, 0.15) is 0 Å². The Morgan fingerprint density at radius 1 is 1.03 bits per heavy atom. The Bertz CT molecular complexity index is 1330. The molecular formula is C30H32BrN3O2. The molecule has 3 aromatic carbocycles. The summed E-state index contributed by atoms with van der Waals surface area (Å²) in [6.45, 7) is 3.27. The number of carbonyl (C=O) groups excluding carboxylic acids is 1. The number of hydrogen-bond acceptors (Lipinski definition) is 3. The topological polar surface area (TPSA) is 57.5 Å². The van der Waals surface area contributed by atoms with E-state index < -0.39 is 0 Å². The molecule has 1 aliphatic heterocycles. The molecule has 5 rings (SSSR count). The third-order valence-corrected chi connectivity index (χ3v) is 7.56. The van der Waals surface area contributed by atoms with Crippen LogP contribution in [0.4, 0.5) is 0 Å². The number of likely N-dealkylation sites (tertiary alicyclic amines) is 1. The first-order valence-electron chi connectivity index (χ1n) is 12.7. The molecule has 0 spiro atoms. The average Bonchev–Trinajstić information content (AvgIpc) is 3.21. The van der Waals surface area contributed by atoms with Crippen molar-refractivity contribution in [3.8, 4) is 5.88 Å². The summed E-state index contributed by atoms with van der Waals surface area (Å²) in [6.07, 6.45) is 6.54. The van der Waals surface area contributed by atoms with Crippen molar-refractivity contribution in [1.82, 2.24) is 14.8 Å². The molecule has 5 nitrogen and oxygen atoms in total. The zero-order valence-corrected chi connectivity index (χ0v) is 22.0. The smallest absolute Gasteiger partial charge is 0.251 e. The Kier molecular flexibility index (Phi) is 7.73. The summed E-state index contributed by atoms with van der Waals surface area (Å²) in [5.41, 5.74) is 3.04. The van der Waals surface area contributed by atoms with Gasteiger partial charge in [-0.05, 0) is 61.2 Å². The van der Waals surface area contributed by atoms with E-state index in [1.807, 2.05) is 47.2 Å². The SMILES string of the molecule is O=C(NCCCN1CCCCC1c1ccccc1)c1ccc2cn(Cc3cccc(Br)c3)c(O)c2c1. The number of aromatic nitrogens is 1. The number of carbonyl (C=O) groups is 1. The van der Waals surface area contributed by atoms with E-state index in [1.165, 1.54) is 24.8 Å². The molecule has 0 radical (unpaired) electrons. The Hall–Kier alpha value is -3.09. The number of aromatic hydroxyl groups is 1. The highest BCUT2D eigenvalue weighted by Crippen LogP contribution is 2.31. The molecule has 1 amide bonds. The van der Waals surface area contributed by atoms with Crippen LogP contribution < -0.4 is 5.32 Å². The maximum Gasteiger partial charge on any atom is 0.251 e. The van der Waals surface area contributed by atoms with Crippen molar-refractivity contribution >= 4 is 32.6 Å². The van der Waals surface area contributed by atoms with E-state index in [0.29, 0.717) is 30.1 Å². The predicted molar refractivity (Wildman–Crippen MR) is 148 cm³/mol. The summed E-state index contributed by atoms with van der Waals surface area (Å²) < 4.78 is 2.82. The van der Waals surface area contributed by atoms with E-state index >= 15 is 0 Å². The first-order chi connectivity index (χ1) is 17.6. The number of nitrogens with one attached hydrogen (secondary N) is 1. The first-order valence-corrected chi connectivity index (χ1v) is 13.5. The van der Waals surface area contributed by atoms with Crippen LogP contribution in [-0.2, 0) is 6.54 Å². The van der Waals surface area contributed by atoms with Gasteiger partial charge >= 0.3 is 0 Å². The fourth-order valence-corrected chi connectivity index (χ4v) is 5.68. The molecule has 0 saturated carbocycles.